The summed E-state index contributed by atoms with van der Waals surface area (Å²) in [4.78, 5) is 22.6. The number of nitrogens with two attached hydrogens (primary N) is 1. The minimum Gasteiger partial charge on any atom is -0.486 e. The summed E-state index contributed by atoms with van der Waals surface area (Å²) in [6, 6.07) is 3.68. The largest absolute Gasteiger partial charge is 0.486 e. The van der Waals surface area contributed by atoms with Gasteiger partial charge in [-0.15, -0.1) is 0 Å². The van der Waals surface area contributed by atoms with Crippen molar-refractivity contribution in [2.75, 3.05) is 19.8 Å². The second kappa shape index (κ2) is 5.79. The monoisotopic (exact) mass is 267 g/mol. The van der Waals surface area contributed by atoms with E-state index >= 15 is 0 Å². The number of hydrogen-bond acceptors (Lipinski definition) is 4. The van der Waals surface area contributed by atoms with Crippen molar-refractivity contribution >= 4 is 11.7 Å². The van der Waals surface area contributed by atoms with Crippen LogP contribution < -0.4 is 10.5 Å². The van der Waals surface area contributed by atoms with Crippen molar-refractivity contribution in [1.29, 1.82) is 0 Å². The number of primary amides is 1. The number of benzene rings is 1. The van der Waals surface area contributed by atoms with E-state index < -0.39 is 11.7 Å². The van der Waals surface area contributed by atoms with Gasteiger partial charge in [-0.05, 0) is 18.6 Å². The maximum Gasteiger partial charge on any atom is 0.251 e. The number of hydrogen-bond donors (Lipinski definition) is 1. The SMILES string of the molecule is NC(=O)c1ccc(OCC(=O)C2CCOC2)cc1F. The molecule has 0 saturated carbocycles. The van der Waals surface area contributed by atoms with E-state index in [1.807, 2.05) is 0 Å². The molecule has 19 heavy (non-hydrogen) atoms. The first-order chi connectivity index (χ1) is 9.08. The molecule has 1 aliphatic heterocycles. The highest BCUT2D eigenvalue weighted by Crippen LogP contribution is 2.18. The lowest BCUT2D eigenvalue weighted by Gasteiger charge is -2.09. The number of ketones is 1. The van der Waals surface area contributed by atoms with Gasteiger partial charge < -0.3 is 15.2 Å². The first kappa shape index (κ1) is 13.5. The van der Waals surface area contributed by atoms with Crippen molar-refractivity contribution in [1.82, 2.24) is 0 Å². The van der Waals surface area contributed by atoms with Gasteiger partial charge in [-0.1, -0.05) is 0 Å². The van der Waals surface area contributed by atoms with Crippen LogP contribution in [-0.2, 0) is 9.53 Å². The fraction of sp³-hybridized carbons (Fsp3) is 0.385. The number of halogens is 1. The summed E-state index contributed by atoms with van der Waals surface area (Å²) < 4.78 is 23.7. The molecule has 5 nitrogen and oxygen atoms in total. The minimum atomic E-state index is -0.844. The molecule has 0 radical (unpaired) electrons. The highest BCUT2D eigenvalue weighted by Gasteiger charge is 2.23. The molecule has 1 aliphatic rings. The van der Waals surface area contributed by atoms with Crippen LogP contribution in [0.3, 0.4) is 0 Å². The normalized spacial score (nSPS) is 18.3. The molecule has 1 saturated heterocycles. The van der Waals surface area contributed by atoms with Crippen molar-refractivity contribution in [3.8, 4) is 5.75 Å². The van der Waals surface area contributed by atoms with Crippen LogP contribution in [0.15, 0.2) is 18.2 Å². The van der Waals surface area contributed by atoms with Crippen molar-refractivity contribution < 1.29 is 23.5 Å². The molecule has 1 heterocycles. The standard InChI is InChI=1S/C13H14FNO4/c14-11-5-9(1-2-10(11)13(15)17)19-7-12(16)8-3-4-18-6-8/h1-2,5,8H,3-4,6-7H2,(H2,15,17). The molecule has 1 atom stereocenters. The smallest absolute Gasteiger partial charge is 0.251 e. The third-order valence-electron chi connectivity index (χ3n) is 2.97. The van der Waals surface area contributed by atoms with Crippen molar-refractivity contribution in [2.45, 2.75) is 6.42 Å². The fourth-order valence-corrected chi connectivity index (χ4v) is 1.85. The fourth-order valence-electron chi connectivity index (χ4n) is 1.85. The van der Waals surface area contributed by atoms with Crippen molar-refractivity contribution in [3.63, 3.8) is 0 Å². The predicted molar refractivity (Wildman–Crippen MR) is 64.3 cm³/mol. The van der Waals surface area contributed by atoms with Crippen LogP contribution in [0, 0.1) is 11.7 Å². The van der Waals surface area contributed by atoms with Crippen LogP contribution in [0.4, 0.5) is 4.39 Å². The van der Waals surface area contributed by atoms with E-state index in [4.69, 9.17) is 15.2 Å². The summed E-state index contributed by atoms with van der Waals surface area (Å²) in [5.74, 6) is -1.63. The Balaban J connectivity index is 1.94. The van der Waals surface area contributed by atoms with E-state index in [1.165, 1.54) is 12.1 Å². The quantitative estimate of drug-likeness (QED) is 0.860. The van der Waals surface area contributed by atoms with Crippen molar-refractivity contribution in [2.24, 2.45) is 11.7 Å². The zero-order chi connectivity index (χ0) is 13.8. The minimum absolute atomic E-state index is 0.0723. The Bertz CT molecular complexity index is 497. The summed E-state index contributed by atoms with van der Waals surface area (Å²) in [5, 5.41) is 0. The zero-order valence-corrected chi connectivity index (χ0v) is 10.2. The molecular weight excluding hydrogens is 253 g/mol. The number of rotatable bonds is 5. The number of amides is 1. The molecule has 0 spiro atoms. The van der Waals surface area contributed by atoms with Crippen LogP contribution in [-0.4, -0.2) is 31.5 Å². The van der Waals surface area contributed by atoms with Gasteiger partial charge in [0, 0.05) is 18.6 Å². The van der Waals surface area contributed by atoms with Gasteiger partial charge in [-0.2, -0.15) is 0 Å². The van der Waals surface area contributed by atoms with Gasteiger partial charge in [0.1, 0.15) is 18.2 Å². The van der Waals surface area contributed by atoms with Gasteiger partial charge in [0.2, 0.25) is 0 Å². The van der Waals surface area contributed by atoms with Gasteiger partial charge in [-0.3, -0.25) is 9.59 Å². The average molecular weight is 267 g/mol. The molecule has 1 unspecified atom stereocenters. The maximum absolute atomic E-state index is 13.4. The molecule has 0 aromatic heterocycles. The lowest BCUT2D eigenvalue weighted by molar-refractivity contribution is -0.124. The highest BCUT2D eigenvalue weighted by atomic mass is 19.1. The van der Waals surface area contributed by atoms with E-state index in [9.17, 15) is 14.0 Å². The average Bonchev–Trinajstić information content (AvgIpc) is 2.89. The molecule has 1 aromatic carbocycles. The zero-order valence-electron chi connectivity index (χ0n) is 10.2. The third-order valence-corrected chi connectivity index (χ3v) is 2.97. The second-order valence-corrected chi connectivity index (χ2v) is 4.32. The van der Waals surface area contributed by atoms with E-state index in [-0.39, 0.29) is 29.6 Å². The summed E-state index contributed by atoms with van der Waals surface area (Å²) in [6.45, 7) is 0.860. The molecular formula is C13H14FNO4. The molecule has 102 valence electrons. The van der Waals surface area contributed by atoms with Gasteiger partial charge in [-0.25, -0.2) is 4.39 Å². The van der Waals surface area contributed by atoms with E-state index in [0.29, 0.717) is 19.6 Å². The Kier molecular flexibility index (Phi) is 4.11. The lowest BCUT2D eigenvalue weighted by Crippen LogP contribution is -2.21. The molecule has 0 aliphatic carbocycles. The van der Waals surface area contributed by atoms with Crippen LogP contribution in [0.5, 0.6) is 5.75 Å². The Morgan fingerprint density at radius 2 is 2.26 bits per heavy atom. The van der Waals surface area contributed by atoms with Gasteiger partial charge in [0.15, 0.2) is 5.78 Å². The maximum atomic E-state index is 13.4. The van der Waals surface area contributed by atoms with E-state index in [0.717, 1.165) is 6.07 Å². The van der Waals surface area contributed by atoms with Crippen LogP contribution in [0.2, 0.25) is 0 Å². The van der Waals surface area contributed by atoms with Crippen LogP contribution in [0.25, 0.3) is 0 Å². The number of carbonyl (C=O) groups excluding carboxylic acids is 2. The first-order valence-electron chi connectivity index (χ1n) is 5.90. The second-order valence-electron chi connectivity index (χ2n) is 4.32. The van der Waals surface area contributed by atoms with E-state index in [1.54, 1.807) is 0 Å². The Labute approximate surface area is 109 Å². The molecule has 2 rings (SSSR count). The molecule has 6 heteroatoms. The number of Topliss-reactive ketones (excluding diaryl/α,β-unsaturated/α-hetero) is 1. The van der Waals surface area contributed by atoms with Crippen LogP contribution in [0.1, 0.15) is 16.8 Å². The summed E-state index contributed by atoms with van der Waals surface area (Å²) in [5.41, 5.74) is 4.78. The summed E-state index contributed by atoms with van der Waals surface area (Å²) in [7, 11) is 0. The van der Waals surface area contributed by atoms with Gasteiger partial charge in [0.05, 0.1) is 12.2 Å². The van der Waals surface area contributed by atoms with Gasteiger partial charge >= 0.3 is 0 Å². The molecule has 2 N–H and O–H groups in total. The van der Waals surface area contributed by atoms with E-state index in [2.05, 4.69) is 0 Å². The topological polar surface area (TPSA) is 78.6 Å². The summed E-state index contributed by atoms with van der Waals surface area (Å²) in [6.07, 6.45) is 0.692. The van der Waals surface area contributed by atoms with Crippen molar-refractivity contribution in [3.05, 3.63) is 29.6 Å². The van der Waals surface area contributed by atoms with Crippen LogP contribution >= 0.6 is 0 Å². The lowest BCUT2D eigenvalue weighted by atomic mass is 10.0. The Morgan fingerprint density at radius 1 is 1.47 bits per heavy atom. The summed E-state index contributed by atoms with van der Waals surface area (Å²) >= 11 is 0. The molecule has 1 aromatic rings. The number of carbonyl (C=O) groups is 2. The Hall–Kier alpha value is -1.95. The molecule has 1 amide bonds. The molecule has 0 bridgehead atoms. The molecule has 1 fully saturated rings. The highest BCUT2D eigenvalue weighted by molar-refractivity contribution is 5.93. The first-order valence-corrected chi connectivity index (χ1v) is 5.90. The number of ether oxygens (including phenoxy) is 2. The Morgan fingerprint density at radius 3 is 2.84 bits per heavy atom. The third kappa shape index (κ3) is 3.29. The predicted octanol–water partition coefficient (Wildman–Crippen LogP) is 0.909. The van der Waals surface area contributed by atoms with Gasteiger partial charge in [0.25, 0.3) is 5.91 Å².